The van der Waals surface area contributed by atoms with Gasteiger partial charge >= 0.3 is 0 Å². The largest absolute Gasteiger partial charge is 0.377 e. The van der Waals surface area contributed by atoms with Crippen molar-refractivity contribution < 1.29 is 13.2 Å². The van der Waals surface area contributed by atoms with Crippen molar-refractivity contribution in [1.82, 2.24) is 10.0 Å². The second kappa shape index (κ2) is 8.85. The third-order valence-corrected chi connectivity index (χ3v) is 5.28. The first-order chi connectivity index (χ1) is 9.90. The van der Waals surface area contributed by atoms with Gasteiger partial charge in [-0.2, -0.15) is 0 Å². The highest BCUT2D eigenvalue weighted by Gasteiger charge is 2.18. The molecule has 1 aromatic carbocycles. The van der Waals surface area contributed by atoms with Crippen LogP contribution in [0.2, 0.25) is 0 Å². The van der Waals surface area contributed by atoms with Gasteiger partial charge in [-0.15, -0.1) is 0 Å². The van der Waals surface area contributed by atoms with Crippen molar-refractivity contribution in [2.45, 2.75) is 38.3 Å². The van der Waals surface area contributed by atoms with Crippen molar-refractivity contribution in [2.75, 3.05) is 19.7 Å². The van der Waals surface area contributed by atoms with Crippen LogP contribution in [0, 0.1) is 0 Å². The van der Waals surface area contributed by atoms with E-state index in [2.05, 4.69) is 26.0 Å². The molecular formula is C14H23BrN2O3S. The minimum absolute atomic E-state index is 0.156. The normalized spacial score (nSPS) is 13.3. The minimum atomic E-state index is -3.54. The van der Waals surface area contributed by atoms with Gasteiger partial charge in [0.15, 0.2) is 0 Å². The first kappa shape index (κ1) is 18.6. The van der Waals surface area contributed by atoms with Crippen LogP contribution in [0.1, 0.15) is 26.3 Å². The number of sulfonamides is 1. The molecule has 21 heavy (non-hydrogen) atoms. The van der Waals surface area contributed by atoms with Crippen LogP contribution in [0.5, 0.6) is 0 Å². The summed E-state index contributed by atoms with van der Waals surface area (Å²) in [5.74, 6) is 0. The molecule has 0 amide bonds. The molecule has 2 N–H and O–H groups in total. The Bertz CT molecular complexity index is 549. The van der Waals surface area contributed by atoms with Gasteiger partial charge in [0.25, 0.3) is 0 Å². The van der Waals surface area contributed by atoms with E-state index in [4.69, 9.17) is 4.74 Å². The van der Waals surface area contributed by atoms with Crippen molar-refractivity contribution >= 4 is 26.0 Å². The summed E-state index contributed by atoms with van der Waals surface area (Å²) < 4.78 is 33.0. The van der Waals surface area contributed by atoms with Gasteiger partial charge in [-0.05, 0) is 54.0 Å². The zero-order chi connectivity index (χ0) is 15.9. The van der Waals surface area contributed by atoms with E-state index in [0.29, 0.717) is 17.6 Å². The Kier molecular flexibility index (Phi) is 7.83. The molecule has 0 fully saturated rings. The third kappa shape index (κ3) is 6.04. The molecule has 1 atom stereocenters. The zero-order valence-electron chi connectivity index (χ0n) is 12.6. The molecule has 1 unspecified atom stereocenters. The van der Waals surface area contributed by atoms with Gasteiger partial charge in [0.05, 0.1) is 11.0 Å². The van der Waals surface area contributed by atoms with Crippen LogP contribution in [0.15, 0.2) is 27.6 Å². The molecule has 1 aromatic rings. The van der Waals surface area contributed by atoms with Crippen LogP contribution in [0.25, 0.3) is 0 Å². The van der Waals surface area contributed by atoms with Gasteiger partial charge < -0.3 is 10.1 Å². The Morgan fingerprint density at radius 3 is 2.62 bits per heavy atom. The van der Waals surface area contributed by atoms with E-state index in [1.807, 2.05) is 32.9 Å². The monoisotopic (exact) mass is 378 g/mol. The maximum atomic E-state index is 12.3. The Balaban J connectivity index is 2.78. The lowest BCUT2D eigenvalue weighted by Gasteiger charge is -2.14. The summed E-state index contributed by atoms with van der Waals surface area (Å²) in [6.45, 7) is 8.13. The maximum Gasteiger partial charge on any atom is 0.241 e. The fourth-order valence-electron chi connectivity index (χ4n) is 1.79. The van der Waals surface area contributed by atoms with E-state index in [-0.39, 0.29) is 17.5 Å². The zero-order valence-corrected chi connectivity index (χ0v) is 15.1. The van der Waals surface area contributed by atoms with E-state index >= 15 is 0 Å². The summed E-state index contributed by atoms with van der Waals surface area (Å²) in [5, 5.41) is 3.20. The van der Waals surface area contributed by atoms with Gasteiger partial charge in [0, 0.05) is 24.2 Å². The molecule has 0 aliphatic rings. The summed E-state index contributed by atoms with van der Waals surface area (Å²) in [6.07, 6.45) is -0.156. The van der Waals surface area contributed by atoms with Crippen LogP contribution in [-0.4, -0.2) is 34.2 Å². The van der Waals surface area contributed by atoms with Gasteiger partial charge in [-0.25, -0.2) is 13.1 Å². The fraction of sp³-hybridized carbons (Fsp3) is 0.571. The molecule has 0 aliphatic heterocycles. The minimum Gasteiger partial charge on any atom is -0.377 e. The second-order valence-electron chi connectivity index (χ2n) is 4.66. The number of hydrogen-bond donors (Lipinski definition) is 2. The number of hydrogen-bond acceptors (Lipinski definition) is 4. The number of nitrogens with one attached hydrogen (secondary N) is 2. The Hall–Kier alpha value is -0.470. The molecular weight excluding hydrogens is 356 g/mol. The van der Waals surface area contributed by atoms with E-state index in [1.165, 1.54) is 0 Å². The molecule has 0 aliphatic carbocycles. The third-order valence-electron chi connectivity index (χ3n) is 2.88. The summed E-state index contributed by atoms with van der Waals surface area (Å²) in [6, 6.07) is 5.25. The number of rotatable bonds is 9. The van der Waals surface area contributed by atoms with Crippen molar-refractivity contribution in [3.63, 3.8) is 0 Å². The first-order valence-corrected chi connectivity index (χ1v) is 9.28. The van der Waals surface area contributed by atoms with Crippen molar-refractivity contribution in [2.24, 2.45) is 0 Å². The molecule has 1 rings (SSSR count). The summed E-state index contributed by atoms with van der Waals surface area (Å²) >= 11 is 3.33. The van der Waals surface area contributed by atoms with Crippen molar-refractivity contribution in [3.05, 3.63) is 28.2 Å². The quantitative estimate of drug-likeness (QED) is 0.691. The lowest BCUT2D eigenvalue weighted by atomic mass is 10.2. The van der Waals surface area contributed by atoms with E-state index in [0.717, 1.165) is 12.1 Å². The molecule has 7 heteroatoms. The van der Waals surface area contributed by atoms with E-state index in [1.54, 1.807) is 6.07 Å². The molecule has 5 nitrogen and oxygen atoms in total. The first-order valence-electron chi connectivity index (χ1n) is 7.01. The lowest BCUT2D eigenvalue weighted by molar-refractivity contribution is 0.0799. The van der Waals surface area contributed by atoms with Crippen LogP contribution >= 0.6 is 15.9 Å². The maximum absolute atomic E-state index is 12.3. The summed E-state index contributed by atoms with van der Waals surface area (Å²) in [4.78, 5) is 0.242. The van der Waals surface area contributed by atoms with Crippen molar-refractivity contribution in [3.8, 4) is 0 Å². The average Bonchev–Trinajstić information content (AvgIpc) is 2.43. The van der Waals surface area contributed by atoms with Crippen LogP contribution in [0.3, 0.4) is 0 Å². The van der Waals surface area contributed by atoms with Crippen molar-refractivity contribution in [1.29, 1.82) is 0 Å². The van der Waals surface area contributed by atoms with Crippen LogP contribution in [0.4, 0.5) is 0 Å². The lowest BCUT2D eigenvalue weighted by Crippen LogP contribution is -2.32. The summed E-state index contributed by atoms with van der Waals surface area (Å²) in [7, 11) is -3.54. The Morgan fingerprint density at radius 2 is 2.05 bits per heavy atom. The van der Waals surface area contributed by atoms with Crippen LogP contribution < -0.4 is 10.0 Å². The number of benzene rings is 1. The highest BCUT2D eigenvalue weighted by molar-refractivity contribution is 9.10. The summed E-state index contributed by atoms with van der Waals surface area (Å²) in [5.41, 5.74) is 1.03. The predicted octanol–water partition coefficient (Wildman–Crippen LogP) is 2.26. The predicted molar refractivity (Wildman–Crippen MR) is 87.8 cm³/mol. The molecule has 120 valence electrons. The van der Waals surface area contributed by atoms with Gasteiger partial charge in [-0.3, -0.25) is 0 Å². The Labute approximate surface area is 135 Å². The van der Waals surface area contributed by atoms with Gasteiger partial charge in [0.1, 0.15) is 0 Å². The topological polar surface area (TPSA) is 67.4 Å². The molecule has 0 saturated heterocycles. The highest BCUT2D eigenvalue weighted by atomic mass is 79.9. The van der Waals surface area contributed by atoms with Gasteiger partial charge in [0.2, 0.25) is 10.0 Å². The van der Waals surface area contributed by atoms with Crippen LogP contribution in [-0.2, 0) is 21.3 Å². The standard InChI is InChI=1S/C14H23BrN2O3S/c1-4-16-10-12-6-7-14(13(15)8-12)21(18,19)17-9-11(3)20-5-2/h6-8,11,16-17H,4-5,9-10H2,1-3H3. The molecule has 0 spiro atoms. The van der Waals surface area contributed by atoms with E-state index < -0.39 is 10.0 Å². The molecule has 0 saturated carbocycles. The second-order valence-corrected chi connectivity index (χ2v) is 7.25. The molecule has 0 aromatic heterocycles. The fourth-order valence-corrected chi connectivity index (χ4v) is 4.03. The average molecular weight is 379 g/mol. The number of halogens is 1. The smallest absolute Gasteiger partial charge is 0.241 e. The van der Waals surface area contributed by atoms with Gasteiger partial charge in [-0.1, -0.05) is 13.0 Å². The van der Waals surface area contributed by atoms with E-state index in [9.17, 15) is 8.42 Å². The SMILES string of the molecule is CCNCc1ccc(S(=O)(=O)NCC(C)OCC)c(Br)c1. The Morgan fingerprint density at radius 1 is 1.33 bits per heavy atom. The molecule has 0 bridgehead atoms. The highest BCUT2D eigenvalue weighted by Crippen LogP contribution is 2.23. The molecule has 0 heterocycles. The number of ether oxygens (including phenoxy) is 1. The molecule has 0 radical (unpaired) electrons.